The van der Waals surface area contributed by atoms with Crippen LogP contribution >= 0.6 is 0 Å². The largest absolute Gasteiger partial charge is 0.497 e. The van der Waals surface area contributed by atoms with Gasteiger partial charge in [-0.05, 0) is 24.6 Å². The lowest BCUT2D eigenvalue weighted by molar-refractivity contribution is 0.408. The van der Waals surface area contributed by atoms with E-state index >= 15 is 0 Å². The van der Waals surface area contributed by atoms with Gasteiger partial charge in [-0.2, -0.15) is 0 Å². The minimum atomic E-state index is -0.0122. The Morgan fingerprint density at radius 1 is 1.05 bits per heavy atom. The Bertz CT molecular complexity index is 540. The van der Waals surface area contributed by atoms with Crippen LogP contribution in [0.15, 0.2) is 48.5 Å². The van der Waals surface area contributed by atoms with Gasteiger partial charge in [-0.3, -0.25) is 0 Å². The molecule has 2 N–H and O–H groups in total. The van der Waals surface area contributed by atoms with Crippen LogP contribution in [0.3, 0.4) is 0 Å². The molecule has 0 bridgehead atoms. The summed E-state index contributed by atoms with van der Waals surface area (Å²) >= 11 is 0. The lowest BCUT2D eigenvalue weighted by Gasteiger charge is -2.15. The van der Waals surface area contributed by atoms with Crippen LogP contribution in [0.4, 0.5) is 0 Å². The van der Waals surface area contributed by atoms with Crippen molar-refractivity contribution in [1.82, 2.24) is 0 Å². The highest BCUT2D eigenvalue weighted by Crippen LogP contribution is 2.31. The van der Waals surface area contributed by atoms with E-state index in [0.717, 1.165) is 29.2 Å². The van der Waals surface area contributed by atoms with Crippen LogP contribution < -0.4 is 15.2 Å². The van der Waals surface area contributed by atoms with Crippen LogP contribution in [0.2, 0.25) is 0 Å². The molecule has 0 aliphatic rings. The molecule has 0 aliphatic heterocycles. The monoisotopic (exact) mass is 257 g/mol. The van der Waals surface area contributed by atoms with Crippen molar-refractivity contribution in [2.24, 2.45) is 5.73 Å². The number of benzene rings is 2. The molecule has 1 atom stereocenters. The van der Waals surface area contributed by atoms with Crippen molar-refractivity contribution in [3.63, 3.8) is 0 Å². The van der Waals surface area contributed by atoms with Gasteiger partial charge in [0.25, 0.3) is 0 Å². The first-order chi connectivity index (χ1) is 9.24. The third-order valence-corrected chi connectivity index (χ3v) is 3.03. The summed E-state index contributed by atoms with van der Waals surface area (Å²) < 4.78 is 11.1. The van der Waals surface area contributed by atoms with Gasteiger partial charge >= 0.3 is 0 Å². The molecule has 0 saturated heterocycles. The predicted octanol–water partition coefficient (Wildman–Crippen LogP) is 3.90. The van der Waals surface area contributed by atoms with Crippen molar-refractivity contribution >= 4 is 0 Å². The van der Waals surface area contributed by atoms with Crippen molar-refractivity contribution in [2.75, 3.05) is 7.11 Å². The maximum atomic E-state index is 6.10. The van der Waals surface area contributed by atoms with E-state index in [1.807, 2.05) is 48.5 Å². The molecule has 19 heavy (non-hydrogen) atoms. The van der Waals surface area contributed by atoms with E-state index in [9.17, 15) is 0 Å². The van der Waals surface area contributed by atoms with Gasteiger partial charge in [0.1, 0.15) is 17.2 Å². The Kier molecular flexibility index (Phi) is 4.42. The average molecular weight is 257 g/mol. The molecular formula is C16H19NO2. The zero-order valence-corrected chi connectivity index (χ0v) is 11.3. The molecule has 0 amide bonds. The van der Waals surface area contributed by atoms with Crippen LogP contribution in [0.1, 0.15) is 24.9 Å². The molecule has 0 radical (unpaired) electrons. The molecule has 0 fully saturated rings. The van der Waals surface area contributed by atoms with Crippen LogP contribution in [0, 0.1) is 0 Å². The summed E-state index contributed by atoms with van der Waals surface area (Å²) in [6.45, 7) is 2.06. The summed E-state index contributed by atoms with van der Waals surface area (Å²) in [6, 6.07) is 15.4. The molecule has 2 aromatic rings. The second-order valence-corrected chi connectivity index (χ2v) is 4.33. The summed E-state index contributed by atoms with van der Waals surface area (Å²) in [5, 5.41) is 0. The van der Waals surface area contributed by atoms with Crippen molar-refractivity contribution in [3.8, 4) is 17.2 Å². The van der Waals surface area contributed by atoms with E-state index in [2.05, 4.69) is 6.92 Å². The Labute approximate surface area is 114 Å². The molecule has 0 aliphatic carbocycles. The van der Waals surface area contributed by atoms with Gasteiger partial charge in [-0.1, -0.05) is 31.2 Å². The second-order valence-electron chi connectivity index (χ2n) is 4.33. The number of methoxy groups -OCH3 is 1. The molecule has 0 saturated carbocycles. The molecule has 0 aromatic heterocycles. The van der Waals surface area contributed by atoms with Crippen LogP contribution in [0.5, 0.6) is 17.2 Å². The first kappa shape index (κ1) is 13.4. The van der Waals surface area contributed by atoms with Gasteiger partial charge in [0.2, 0.25) is 0 Å². The summed E-state index contributed by atoms with van der Waals surface area (Å²) in [6.07, 6.45) is 0.873. The number of rotatable bonds is 5. The normalized spacial score (nSPS) is 11.9. The number of hydrogen-bond donors (Lipinski definition) is 1. The third-order valence-electron chi connectivity index (χ3n) is 3.03. The van der Waals surface area contributed by atoms with E-state index in [0.29, 0.717) is 0 Å². The molecule has 2 aromatic carbocycles. The molecule has 3 nitrogen and oxygen atoms in total. The highest BCUT2D eigenvalue weighted by Gasteiger charge is 2.10. The Morgan fingerprint density at radius 2 is 1.79 bits per heavy atom. The molecule has 0 heterocycles. The van der Waals surface area contributed by atoms with Gasteiger partial charge in [-0.25, -0.2) is 0 Å². The zero-order valence-electron chi connectivity index (χ0n) is 11.3. The first-order valence-corrected chi connectivity index (χ1v) is 6.41. The van der Waals surface area contributed by atoms with E-state index in [1.54, 1.807) is 7.11 Å². The Hall–Kier alpha value is -2.00. The molecule has 3 heteroatoms. The summed E-state index contributed by atoms with van der Waals surface area (Å²) in [5.41, 5.74) is 7.12. The summed E-state index contributed by atoms with van der Waals surface area (Å²) in [4.78, 5) is 0. The molecule has 2 rings (SSSR count). The van der Waals surface area contributed by atoms with E-state index < -0.39 is 0 Å². The maximum Gasteiger partial charge on any atom is 0.132 e. The van der Waals surface area contributed by atoms with Gasteiger partial charge in [0.15, 0.2) is 0 Å². The minimum absolute atomic E-state index is 0.0122. The fourth-order valence-electron chi connectivity index (χ4n) is 1.89. The third kappa shape index (κ3) is 3.26. The highest BCUT2D eigenvalue weighted by molar-refractivity contribution is 5.41. The van der Waals surface area contributed by atoms with Crippen molar-refractivity contribution in [1.29, 1.82) is 0 Å². The number of hydrogen-bond acceptors (Lipinski definition) is 3. The van der Waals surface area contributed by atoms with Gasteiger partial charge in [-0.15, -0.1) is 0 Å². The summed E-state index contributed by atoms with van der Waals surface area (Å²) in [5.74, 6) is 2.31. The van der Waals surface area contributed by atoms with Gasteiger partial charge in [0.05, 0.1) is 7.11 Å². The second kappa shape index (κ2) is 6.25. The molecule has 0 spiro atoms. The molecule has 1 unspecified atom stereocenters. The highest BCUT2D eigenvalue weighted by atomic mass is 16.5. The zero-order chi connectivity index (χ0) is 13.7. The lowest BCUT2D eigenvalue weighted by atomic mass is 10.0. The van der Waals surface area contributed by atoms with Gasteiger partial charge in [0, 0.05) is 17.7 Å². The topological polar surface area (TPSA) is 44.5 Å². The quantitative estimate of drug-likeness (QED) is 0.883. The smallest absolute Gasteiger partial charge is 0.132 e. The van der Waals surface area contributed by atoms with E-state index in [-0.39, 0.29) is 6.04 Å². The number of nitrogens with two attached hydrogens (primary N) is 1. The number of para-hydroxylation sites is 1. The van der Waals surface area contributed by atoms with Gasteiger partial charge < -0.3 is 15.2 Å². The fraction of sp³-hybridized carbons (Fsp3) is 0.250. The standard InChI is InChI=1S/C16H19NO2/c1-3-15(17)14-9-4-5-10-16(14)19-13-8-6-7-12(11-13)18-2/h4-11,15H,3,17H2,1-2H3. The SMILES string of the molecule is CCC(N)c1ccccc1Oc1cccc(OC)c1. The molecule has 100 valence electrons. The van der Waals surface area contributed by atoms with Crippen LogP contribution in [-0.2, 0) is 0 Å². The van der Waals surface area contributed by atoms with Crippen LogP contribution in [-0.4, -0.2) is 7.11 Å². The summed E-state index contributed by atoms with van der Waals surface area (Å²) in [7, 11) is 1.64. The average Bonchev–Trinajstić information content (AvgIpc) is 2.47. The molecular weight excluding hydrogens is 238 g/mol. The van der Waals surface area contributed by atoms with Crippen LogP contribution in [0.25, 0.3) is 0 Å². The first-order valence-electron chi connectivity index (χ1n) is 6.41. The van der Waals surface area contributed by atoms with Crippen molar-refractivity contribution < 1.29 is 9.47 Å². The predicted molar refractivity (Wildman–Crippen MR) is 76.7 cm³/mol. The van der Waals surface area contributed by atoms with Crippen molar-refractivity contribution in [2.45, 2.75) is 19.4 Å². The maximum absolute atomic E-state index is 6.10. The Balaban J connectivity index is 2.27. The van der Waals surface area contributed by atoms with E-state index in [4.69, 9.17) is 15.2 Å². The minimum Gasteiger partial charge on any atom is -0.497 e. The van der Waals surface area contributed by atoms with E-state index in [1.165, 1.54) is 0 Å². The Morgan fingerprint density at radius 3 is 2.53 bits per heavy atom. The number of ether oxygens (including phenoxy) is 2. The lowest BCUT2D eigenvalue weighted by Crippen LogP contribution is -2.09. The van der Waals surface area contributed by atoms with Crippen molar-refractivity contribution in [3.05, 3.63) is 54.1 Å². The fourth-order valence-corrected chi connectivity index (χ4v) is 1.89.